The number of nitrogens with one attached hydrogen (secondary N) is 2. The molecule has 0 spiro atoms. The van der Waals surface area contributed by atoms with Crippen LogP contribution in [0.25, 0.3) is 0 Å². The Bertz CT molecular complexity index is 554. The minimum absolute atomic E-state index is 0.438. The zero-order chi connectivity index (χ0) is 13.1. The minimum Gasteiger partial charge on any atom is -0.383 e. The van der Waals surface area contributed by atoms with E-state index in [1.807, 2.05) is 12.1 Å². The SMILES string of the molecule is Clc1ccc2c(c1)NCC(Cc1ccccc1)NC2. The van der Waals surface area contributed by atoms with Crippen LogP contribution in [-0.4, -0.2) is 12.6 Å². The van der Waals surface area contributed by atoms with Crippen molar-refractivity contribution in [1.29, 1.82) is 0 Å². The van der Waals surface area contributed by atoms with Crippen molar-refractivity contribution in [3.8, 4) is 0 Å². The van der Waals surface area contributed by atoms with Gasteiger partial charge in [-0.05, 0) is 29.7 Å². The smallest absolute Gasteiger partial charge is 0.0426 e. The van der Waals surface area contributed by atoms with Crippen LogP contribution in [0.3, 0.4) is 0 Å². The van der Waals surface area contributed by atoms with E-state index in [0.717, 1.165) is 30.2 Å². The second-order valence-electron chi connectivity index (χ2n) is 4.95. The Morgan fingerprint density at radius 3 is 2.79 bits per heavy atom. The third-order valence-corrected chi connectivity index (χ3v) is 3.75. The van der Waals surface area contributed by atoms with Crippen LogP contribution in [0, 0.1) is 0 Å². The summed E-state index contributed by atoms with van der Waals surface area (Å²) in [7, 11) is 0. The van der Waals surface area contributed by atoms with Gasteiger partial charge in [0, 0.05) is 29.8 Å². The first-order valence-electron chi connectivity index (χ1n) is 6.61. The molecule has 0 fully saturated rings. The molecule has 3 rings (SSSR count). The highest BCUT2D eigenvalue weighted by Crippen LogP contribution is 2.23. The highest BCUT2D eigenvalue weighted by Gasteiger charge is 2.15. The molecule has 1 unspecified atom stereocenters. The highest BCUT2D eigenvalue weighted by molar-refractivity contribution is 6.30. The summed E-state index contributed by atoms with van der Waals surface area (Å²) in [4.78, 5) is 0. The van der Waals surface area contributed by atoms with Crippen molar-refractivity contribution >= 4 is 17.3 Å². The predicted molar refractivity (Wildman–Crippen MR) is 80.7 cm³/mol. The van der Waals surface area contributed by atoms with Crippen LogP contribution in [0.1, 0.15) is 11.1 Å². The standard InChI is InChI=1S/C16H17ClN2/c17-14-7-6-13-10-18-15(11-19-16(13)9-14)8-12-4-2-1-3-5-12/h1-7,9,15,18-19H,8,10-11H2. The van der Waals surface area contributed by atoms with Gasteiger partial charge in [-0.25, -0.2) is 0 Å². The van der Waals surface area contributed by atoms with E-state index in [1.54, 1.807) is 0 Å². The molecule has 0 radical (unpaired) electrons. The van der Waals surface area contributed by atoms with E-state index in [2.05, 4.69) is 47.0 Å². The lowest BCUT2D eigenvalue weighted by Gasteiger charge is -2.16. The molecule has 1 aliphatic rings. The van der Waals surface area contributed by atoms with Crippen molar-refractivity contribution in [1.82, 2.24) is 5.32 Å². The monoisotopic (exact) mass is 272 g/mol. The molecule has 0 amide bonds. The fraction of sp³-hybridized carbons (Fsp3) is 0.250. The molecular weight excluding hydrogens is 256 g/mol. The van der Waals surface area contributed by atoms with E-state index in [-0.39, 0.29) is 0 Å². The molecular formula is C16H17ClN2. The molecule has 2 aromatic carbocycles. The predicted octanol–water partition coefficient (Wildman–Crippen LogP) is 3.47. The van der Waals surface area contributed by atoms with Gasteiger partial charge >= 0.3 is 0 Å². The van der Waals surface area contributed by atoms with E-state index in [0.29, 0.717) is 6.04 Å². The molecule has 2 aromatic rings. The van der Waals surface area contributed by atoms with Crippen LogP contribution in [0.15, 0.2) is 48.5 Å². The van der Waals surface area contributed by atoms with Gasteiger partial charge in [0.05, 0.1) is 0 Å². The Morgan fingerprint density at radius 1 is 1.11 bits per heavy atom. The Kier molecular flexibility index (Phi) is 3.72. The average molecular weight is 273 g/mol. The number of anilines is 1. The normalized spacial score (nSPS) is 18.3. The van der Waals surface area contributed by atoms with Crippen LogP contribution >= 0.6 is 11.6 Å². The van der Waals surface area contributed by atoms with Crippen molar-refractivity contribution in [3.05, 3.63) is 64.7 Å². The van der Waals surface area contributed by atoms with Gasteiger partial charge in [-0.2, -0.15) is 0 Å². The maximum Gasteiger partial charge on any atom is 0.0426 e. The molecule has 0 saturated heterocycles. The van der Waals surface area contributed by atoms with Crippen molar-refractivity contribution in [3.63, 3.8) is 0 Å². The van der Waals surface area contributed by atoms with Gasteiger partial charge in [-0.1, -0.05) is 48.0 Å². The number of hydrogen-bond acceptors (Lipinski definition) is 2. The molecule has 2 N–H and O–H groups in total. The molecule has 1 heterocycles. The van der Waals surface area contributed by atoms with Gasteiger partial charge in [-0.3, -0.25) is 0 Å². The number of halogens is 1. The van der Waals surface area contributed by atoms with E-state index >= 15 is 0 Å². The molecule has 0 aliphatic carbocycles. The van der Waals surface area contributed by atoms with Gasteiger partial charge < -0.3 is 10.6 Å². The molecule has 1 atom stereocenters. The number of fused-ring (bicyclic) bond motifs is 1. The maximum absolute atomic E-state index is 6.04. The Morgan fingerprint density at radius 2 is 1.95 bits per heavy atom. The highest BCUT2D eigenvalue weighted by atomic mass is 35.5. The summed E-state index contributed by atoms with van der Waals surface area (Å²) in [5, 5.41) is 7.87. The maximum atomic E-state index is 6.04. The fourth-order valence-corrected chi connectivity index (χ4v) is 2.64. The lowest BCUT2D eigenvalue weighted by Crippen LogP contribution is -2.34. The Labute approximate surface area is 118 Å². The van der Waals surface area contributed by atoms with E-state index in [4.69, 9.17) is 11.6 Å². The van der Waals surface area contributed by atoms with Gasteiger partial charge in [0.1, 0.15) is 0 Å². The van der Waals surface area contributed by atoms with Crippen molar-refractivity contribution < 1.29 is 0 Å². The zero-order valence-corrected chi connectivity index (χ0v) is 11.5. The Hall–Kier alpha value is -1.51. The molecule has 0 saturated carbocycles. The summed E-state index contributed by atoms with van der Waals surface area (Å²) in [5.41, 5.74) is 3.79. The summed E-state index contributed by atoms with van der Waals surface area (Å²) in [6.07, 6.45) is 1.04. The molecule has 1 aliphatic heterocycles. The third-order valence-electron chi connectivity index (χ3n) is 3.52. The van der Waals surface area contributed by atoms with Crippen molar-refractivity contribution in [2.24, 2.45) is 0 Å². The molecule has 0 bridgehead atoms. The molecule has 2 nitrogen and oxygen atoms in total. The second kappa shape index (κ2) is 5.64. The summed E-state index contributed by atoms with van der Waals surface area (Å²) in [5.74, 6) is 0. The average Bonchev–Trinajstić information content (AvgIpc) is 2.63. The fourth-order valence-electron chi connectivity index (χ4n) is 2.47. The third kappa shape index (κ3) is 3.09. The van der Waals surface area contributed by atoms with Crippen LogP contribution < -0.4 is 10.6 Å². The van der Waals surface area contributed by atoms with Gasteiger partial charge in [-0.15, -0.1) is 0 Å². The van der Waals surface area contributed by atoms with Gasteiger partial charge in [0.15, 0.2) is 0 Å². The largest absolute Gasteiger partial charge is 0.383 e. The first-order chi connectivity index (χ1) is 9.31. The lowest BCUT2D eigenvalue weighted by atomic mass is 10.1. The summed E-state index contributed by atoms with van der Waals surface area (Å²) in [6.45, 7) is 1.80. The number of benzene rings is 2. The van der Waals surface area contributed by atoms with Gasteiger partial charge in [0.2, 0.25) is 0 Å². The van der Waals surface area contributed by atoms with Gasteiger partial charge in [0.25, 0.3) is 0 Å². The molecule has 98 valence electrons. The van der Waals surface area contributed by atoms with Crippen molar-refractivity contribution in [2.75, 3.05) is 11.9 Å². The minimum atomic E-state index is 0.438. The summed E-state index contributed by atoms with van der Waals surface area (Å²) >= 11 is 6.04. The zero-order valence-electron chi connectivity index (χ0n) is 10.7. The van der Waals surface area contributed by atoms with Crippen LogP contribution in [0.5, 0.6) is 0 Å². The van der Waals surface area contributed by atoms with Crippen LogP contribution in [0.4, 0.5) is 5.69 Å². The first-order valence-corrected chi connectivity index (χ1v) is 6.99. The van der Waals surface area contributed by atoms with Crippen LogP contribution in [0.2, 0.25) is 5.02 Å². The first kappa shape index (κ1) is 12.5. The summed E-state index contributed by atoms with van der Waals surface area (Å²) in [6, 6.07) is 17.1. The van der Waals surface area contributed by atoms with E-state index < -0.39 is 0 Å². The van der Waals surface area contributed by atoms with E-state index in [9.17, 15) is 0 Å². The van der Waals surface area contributed by atoms with Crippen molar-refractivity contribution in [2.45, 2.75) is 19.0 Å². The Balaban J connectivity index is 1.70. The number of rotatable bonds is 2. The number of hydrogen-bond donors (Lipinski definition) is 2. The quantitative estimate of drug-likeness (QED) is 0.875. The second-order valence-corrected chi connectivity index (χ2v) is 5.39. The van der Waals surface area contributed by atoms with E-state index in [1.165, 1.54) is 11.1 Å². The summed E-state index contributed by atoms with van der Waals surface area (Å²) < 4.78 is 0. The molecule has 0 aromatic heterocycles. The molecule has 19 heavy (non-hydrogen) atoms. The lowest BCUT2D eigenvalue weighted by molar-refractivity contribution is 0.537. The topological polar surface area (TPSA) is 24.1 Å². The van der Waals surface area contributed by atoms with Crippen LogP contribution in [-0.2, 0) is 13.0 Å². The molecule has 3 heteroatoms.